The average molecular weight is 496 g/mol. The molecule has 3 rings (SSSR count). The van der Waals surface area contributed by atoms with Crippen molar-refractivity contribution in [2.75, 3.05) is 5.01 Å². The van der Waals surface area contributed by atoms with E-state index in [1.54, 1.807) is 0 Å². The van der Waals surface area contributed by atoms with Crippen LogP contribution in [0.1, 0.15) is 18.9 Å². The summed E-state index contributed by atoms with van der Waals surface area (Å²) in [6.45, 7) is 1.33. The predicted molar refractivity (Wildman–Crippen MR) is 97.5 cm³/mol. The number of nitrogens with one attached hydrogen (secondary N) is 3. The lowest BCUT2D eigenvalue weighted by Gasteiger charge is -2.32. The minimum atomic E-state index is -5.12. The Labute approximate surface area is 179 Å². The normalized spacial score (nSPS) is 22.1. The van der Waals surface area contributed by atoms with Crippen molar-refractivity contribution >= 4 is 40.6 Å². The van der Waals surface area contributed by atoms with Crippen molar-refractivity contribution in [2.45, 2.75) is 37.8 Å². The van der Waals surface area contributed by atoms with E-state index in [0.717, 1.165) is 0 Å². The second kappa shape index (κ2) is 7.48. The number of fused-ring (bicyclic) bond motifs is 1. The van der Waals surface area contributed by atoms with Crippen LogP contribution in [-0.4, -0.2) is 29.9 Å². The molecule has 1 unspecified atom stereocenters. The molecule has 0 aromatic heterocycles. The highest BCUT2D eigenvalue weighted by Gasteiger charge is 2.54. The van der Waals surface area contributed by atoms with E-state index in [-0.39, 0.29) is 6.42 Å². The monoisotopic (exact) mass is 495 g/mol. The number of hydrazine groups is 1. The number of aliphatic imine (C=N–C) groups is 1. The number of halogens is 10. The van der Waals surface area contributed by atoms with Gasteiger partial charge < -0.3 is 5.32 Å². The topological polar surface area (TPSA) is 63.5 Å². The van der Waals surface area contributed by atoms with Gasteiger partial charge in [-0.25, -0.2) is 13.8 Å². The molecule has 0 aliphatic carbocycles. The fourth-order valence-electron chi connectivity index (χ4n) is 3.19. The number of nitrogens with zero attached hydrogens (tertiary/aromatic N) is 2. The number of hydrogen-bond acceptors (Lipinski definition) is 4. The molecule has 3 N–H and O–H groups in total. The lowest BCUT2D eigenvalue weighted by Crippen LogP contribution is -2.52. The van der Waals surface area contributed by atoms with Crippen LogP contribution in [0.15, 0.2) is 28.4 Å². The van der Waals surface area contributed by atoms with E-state index in [9.17, 15) is 35.1 Å². The summed E-state index contributed by atoms with van der Waals surface area (Å²) in [6.07, 6.45) is -13.7. The molecule has 0 spiro atoms. The largest absolute Gasteiger partial charge is 0.449 e. The second-order valence-corrected chi connectivity index (χ2v) is 7.28. The Hall–Kier alpha value is -2.12. The number of alkyl halides is 8. The molecule has 2 aliphatic rings. The molecule has 31 heavy (non-hydrogen) atoms. The quantitative estimate of drug-likeness (QED) is 0.485. The van der Waals surface area contributed by atoms with Crippen LogP contribution in [0.2, 0.25) is 10.0 Å². The molecule has 1 atom stereocenters. The smallest absolute Gasteiger partial charge is 0.335 e. The van der Waals surface area contributed by atoms with Gasteiger partial charge in [-0.3, -0.25) is 10.4 Å². The van der Waals surface area contributed by atoms with Gasteiger partial charge in [0.2, 0.25) is 5.84 Å². The van der Waals surface area contributed by atoms with E-state index in [4.69, 9.17) is 28.6 Å². The van der Waals surface area contributed by atoms with Gasteiger partial charge in [0.15, 0.2) is 5.66 Å². The number of allylic oxidation sites excluding steroid dienone is 1. The first kappa shape index (κ1) is 23.5. The van der Waals surface area contributed by atoms with Gasteiger partial charge in [-0.15, -0.1) is 0 Å². The molecular weight excluding hydrogens is 485 g/mol. The Morgan fingerprint density at radius 3 is 2.06 bits per heavy atom. The molecule has 1 aromatic rings. The van der Waals surface area contributed by atoms with Crippen molar-refractivity contribution in [1.29, 1.82) is 5.41 Å². The molecule has 2 aliphatic heterocycles. The third-order valence-electron chi connectivity index (χ3n) is 4.56. The molecule has 15 heteroatoms. The van der Waals surface area contributed by atoms with Crippen LogP contribution in [0.25, 0.3) is 0 Å². The minimum absolute atomic E-state index is 0.325. The first-order valence-electron chi connectivity index (χ1n) is 8.32. The third-order valence-corrected chi connectivity index (χ3v) is 5.14. The van der Waals surface area contributed by atoms with E-state index in [1.807, 2.05) is 0 Å². The molecule has 1 saturated heterocycles. The van der Waals surface area contributed by atoms with E-state index >= 15 is 0 Å². The molecule has 1 aromatic carbocycles. The highest BCUT2D eigenvalue weighted by atomic mass is 35.5. The third kappa shape index (κ3) is 3.94. The van der Waals surface area contributed by atoms with Crippen LogP contribution in [0.4, 0.5) is 40.8 Å². The first-order valence-corrected chi connectivity index (χ1v) is 9.08. The number of anilines is 1. The maximum atomic E-state index is 13.6. The summed E-state index contributed by atoms with van der Waals surface area (Å²) < 4.78 is 106. The van der Waals surface area contributed by atoms with Crippen molar-refractivity contribution < 1.29 is 35.1 Å². The Kier molecular flexibility index (Phi) is 5.68. The number of hydrogen-bond donors (Lipinski definition) is 3. The van der Waals surface area contributed by atoms with Crippen LogP contribution in [0.3, 0.4) is 0 Å². The molecule has 0 bridgehead atoms. The van der Waals surface area contributed by atoms with Gasteiger partial charge in [0.05, 0.1) is 32.6 Å². The Morgan fingerprint density at radius 1 is 1.10 bits per heavy atom. The minimum Gasteiger partial charge on any atom is -0.335 e. The second-order valence-electron chi connectivity index (χ2n) is 6.47. The summed E-state index contributed by atoms with van der Waals surface area (Å²) in [5, 5.41) is 9.17. The zero-order valence-electron chi connectivity index (χ0n) is 15.1. The van der Waals surface area contributed by atoms with Gasteiger partial charge in [-0.1, -0.05) is 30.1 Å². The molecule has 0 amide bonds. The maximum absolute atomic E-state index is 13.6. The van der Waals surface area contributed by atoms with Crippen LogP contribution >= 0.6 is 23.2 Å². The fraction of sp³-hybridized carbons (Fsp3) is 0.375. The van der Waals surface area contributed by atoms with Crippen molar-refractivity contribution in [1.82, 2.24) is 10.7 Å². The van der Waals surface area contributed by atoms with Crippen LogP contribution < -0.4 is 15.8 Å². The zero-order chi connectivity index (χ0) is 23.5. The van der Waals surface area contributed by atoms with E-state index < -0.39 is 68.7 Å². The lowest BCUT2D eigenvalue weighted by atomic mass is 9.94. The SMILES string of the molecule is CCC12N=C(C(F)(F)F)NC(C(F)F)=C1C(=N)N(c1c(Cl)cc(C(F)(F)F)cc1Cl)N2. The van der Waals surface area contributed by atoms with Crippen molar-refractivity contribution in [3.63, 3.8) is 0 Å². The lowest BCUT2D eigenvalue weighted by molar-refractivity contribution is -0.137. The number of benzene rings is 1. The van der Waals surface area contributed by atoms with E-state index in [0.29, 0.717) is 17.1 Å². The summed E-state index contributed by atoms with van der Waals surface area (Å²) >= 11 is 11.8. The van der Waals surface area contributed by atoms with Crippen LogP contribution in [0, 0.1) is 5.41 Å². The van der Waals surface area contributed by atoms with E-state index in [1.165, 1.54) is 12.2 Å². The summed E-state index contributed by atoms with van der Waals surface area (Å²) in [6, 6.07) is 0.979. The van der Waals surface area contributed by atoms with Crippen LogP contribution in [0.5, 0.6) is 0 Å². The van der Waals surface area contributed by atoms with Gasteiger partial charge in [-0.2, -0.15) is 31.8 Å². The number of amidine groups is 2. The standard InChI is InChI=1S/C16H11Cl2F8N5/c1-2-14-8(9(11(19)20)28-13(29-14)16(24,25)26)12(27)31(30-14)10-6(17)3-5(4-7(10)18)15(21,22)23/h3-4,11,27,30H,2H2,1H3,(H,28,29). The Morgan fingerprint density at radius 2 is 1.65 bits per heavy atom. The Bertz CT molecular complexity index is 978. The summed E-state index contributed by atoms with van der Waals surface area (Å²) in [4.78, 5) is 3.47. The predicted octanol–water partition coefficient (Wildman–Crippen LogP) is 5.50. The van der Waals surface area contributed by atoms with Crippen molar-refractivity contribution in [2.24, 2.45) is 4.99 Å². The summed E-state index contributed by atoms with van der Waals surface area (Å²) in [5.41, 5.74) is -3.26. The van der Waals surface area contributed by atoms with Gasteiger partial charge in [0.1, 0.15) is 5.84 Å². The van der Waals surface area contributed by atoms with Crippen LogP contribution in [-0.2, 0) is 6.18 Å². The van der Waals surface area contributed by atoms with Crippen molar-refractivity contribution in [3.05, 3.63) is 39.0 Å². The van der Waals surface area contributed by atoms with Crippen molar-refractivity contribution in [3.8, 4) is 0 Å². The first-order chi connectivity index (χ1) is 14.1. The summed E-state index contributed by atoms with van der Waals surface area (Å²) in [5.74, 6) is -2.53. The molecule has 0 saturated carbocycles. The van der Waals surface area contributed by atoms with Gasteiger partial charge in [-0.05, 0) is 18.6 Å². The van der Waals surface area contributed by atoms with Gasteiger partial charge in [0, 0.05) is 0 Å². The molecule has 1 fully saturated rings. The average Bonchev–Trinajstić information content (AvgIpc) is 2.92. The Balaban J connectivity index is 2.20. The molecular formula is C16H11Cl2F8N5. The van der Waals surface area contributed by atoms with E-state index in [2.05, 4.69) is 10.4 Å². The fourth-order valence-corrected chi connectivity index (χ4v) is 3.84. The molecule has 5 nitrogen and oxygen atoms in total. The maximum Gasteiger partial charge on any atom is 0.449 e. The van der Waals surface area contributed by atoms with Gasteiger partial charge >= 0.3 is 12.4 Å². The molecule has 2 heterocycles. The number of rotatable bonds is 3. The molecule has 170 valence electrons. The molecule has 0 radical (unpaired) electrons. The highest BCUT2D eigenvalue weighted by Crippen LogP contribution is 2.45. The zero-order valence-corrected chi connectivity index (χ0v) is 16.6. The summed E-state index contributed by atoms with van der Waals surface area (Å²) in [7, 11) is 0. The van der Waals surface area contributed by atoms with Gasteiger partial charge in [0.25, 0.3) is 6.43 Å². The highest BCUT2D eigenvalue weighted by molar-refractivity contribution is 6.40.